The van der Waals surface area contributed by atoms with Crippen molar-refractivity contribution >= 4 is 5.97 Å². The van der Waals surface area contributed by atoms with Gasteiger partial charge in [0.15, 0.2) is 0 Å². The van der Waals surface area contributed by atoms with Gasteiger partial charge in [0, 0.05) is 13.5 Å². The first-order valence-electron chi connectivity index (χ1n) is 8.19. The monoisotopic (exact) mass is 320 g/mol. The van der Waals surface area contributed by atoms with E-state index in [0.717, 1.165) is 12.8 Å². The molecule has 0 unspecified atom stereocenters. The summed E-state index contributed by atoms with van der Waals surface area (Å²) in [5.41, 5.74) is 0. The number of hydrogen-bond acceptors (Lipinski definition) is 6. The van der Waals surface area contributed by atoms with E-state index in [2.05, 4.69) is 6.92 Å². The minimum absolute atomic E-state index is 0.135. The number of esters is 1. The van der Waals surface area contributed by atoms with Gasteiger partial charge in [-0.25, -0.2) is 0 Å². The number of unbranched alkanes of at least 4 members (excludes halogenated alkanes) is 3. The molecule has 132 valence electrons. The lowest BCUT2D eigenvalue weighted by atomic mass is 10.2. The fraction of sp³-hybridized carbons (Fsp3) is 0.938. The second-order valence-electron chi connectivity index (χ2n) is 4.86. The molecule has 0 fully saturated rings. The summed E-state index contributed by atoms with van der Waals surface area (Å²) in [6, 6.07) is 0. The van der Waals surface area contributed by atoms with Gasteiger partial charge >= 0.3 is 5.97 Å². The quantitative estimate of drug-likeness (QED) is 0.302. The predicted octanol–water partition coefficient (Wildman–Crippen LogP) is 2.20. The third-order valence-corrected chi connectivity index (χ3v) is 2.90. The molecule has 0 N–H and O–H groups in total. The van der Waals surface area contributed by atoms with Crippen LogP contribution in [0, 0.1) is 0 Å². The number of rotatable bonds is 17. The molecular weight excluding hydrogens is 288 g/mol. The molecule has 0 aromatic carbocycles. The van der Waals surface area contributed by atoms with E-state index in [-0.39, 0.29) is 5.97 Å². The molecule has 6 nitrogen and oxygen atoms in total. The summed E-state index contributed by atoms with van der Waals surface area (Å²) in [6.45, 7) is 6.15. The highest BCUT2D eigenvalue weighted by Crippen LogP contribution is 2.03. The van der Waals surface area contributed by atoms with Crippen LogP contribution < -0.4 is 0 Å². The molecule has 0 radical (unpaired) electrons. The first-order chi connectivity index (χ1) is 10.8. The molecule has 0 heterocycles. The lowest BCUT2D eigenvalue weighted by Gasteiger charge is -2.07. The predicted molar refractivity (Wildman–Crippen MR) is 84.1 cm³/mol. The Balaban J connectivity index is 3.08. The van der Waals surface area contributed by atoms with Gasteiger partial charge in [-0.3, -0.25) is 4.79 Å². The summed E-state index contributed by atoms with van der Waals surface area (Å²) in [5.74, 6) is -0.135. The molecule has 0 aliphatic heterocycles. The van der Waals surface area contributed by atoms with Crippen molar-refractivity contribution in [1.82, 2.24) is 0 Å². The van der Waals surface area contributed by atoms with E-state index in [1.54, 1.807) is 7.11 Å². The average Bonchev–Trinajstić information content (AvgIpc) is 2.52. The summed E-state index contributed by atoms with van der Waals surface area (Å²) in [7, 11) is 1.64. The van der Waals surface area contributed by atoms with Crippen LogP contribution in [0.1, 0.15) is 39.0 Å². The molecule has 0 amide bonds. The van der Waals surface area contributed by atoms with Gasteiger partial charge in [0.2, 0.25) is 0 Å². The second-order valence-corrected chi connectivity index (χ2v) is 4.86. The van der Waals surface area contributed by atoms with Gasteiger partial charge in [0.1, 0.15) is 6.61 Å². The molecule has 0 saturated carbocycles. The van der Waals surface area contributed by atoms with Crippen molar-refractivity contribution in [3.05, 3.63) is 0 Å². The molecule has 0 atom stereocenters. The van der Waals surface area contributed by atoms with Crippen LogP contribution in [0.5, 0.6) is 0 Å². The van der Waals surface area contributed by atoms with E-state index in [1.807, 2.05) is 0 Å². The van der Waals surface area contributed by atoms with E-state index in [1.165, 1.54) is 12.8 Å². The zero-order valence-electron chi connectivity index (χ0n) is 14.1. The normalized spacial score (nSPS) is 10.8. The van der Waals surface area contributed by atoms with Crippen LogP contribution >= 0.6 is 0 Å². The molecule has 0 spiro atoms. The highest BCUT2D eigenvalue weighted by Gasteiger charge is 2.01. The van der Waals surface area contributed by atoms with Gasteiger partial charge in [-0.1, -0.05) is 26.2 Å². The van der Waals surface area contributed by atoms with E-state index in [0.29, 0.717) is 59.3 Å². The van der Waals surface area contributed by atoms with Crippen molar-refractivity contribution in [2.75, 3.05) is 60.0 Å². The highest BCUT2D eigenvalue weighted by molar-refractivity contribution is 5.69. The Hall–Kier alpha value is -0.690. The summed E-state index contributed by atoms with van der Waals surface area (Å²) < 4.78 is 25.8. The van der Waals surface area contributed by atoms with Gasteiger partial charge in [-0.15, -0.1) is 0 Å². The van der Waals surface area contributed by atoms with E-state index in [4.69, 9.17) is 23.7 Å². The van der Waals surface area contributed by atoms with E-state index >= 15 is 0 Å². The van der Waals surface area contributed by atoms with Crippen LogP contribution in [0.25, 0.3) is 0 Å². The molecule has 0 aliphatic carbocycles. The van der Waals surface area contributed by atoms with E-state index in [9.17, 15) is 4.79 Å². The molecule has 6 heteroatoms. The molecule has 22 heavy (non-hydrogen) atoms. The second kappa shape index (κ2) is 18.4. The number of hydrogen-bond donors (Lipinski definition) is 0. The van der Waals surface area contributed by atoms with Crippen LogP contribution in [0.3, 0.4) is 0 Å². The third-order valence-electron chi connectivity index (χ3n) is 2.90. The van der Waals surface area contributed by atoms with Crippen LogP contribution in [0.4, 0.5) is 0 Å². The zero-order chi connectivity index (χ0) is 16.3. The average molecular weight is 320 g/mol. The molecule has 0 rings (SSSR count). The fourth-order valence-electron chi connectivity index (χ4n) is 1.67. The van der Waals surface area contributed by atoms with Crippen molar-refractivity contribution in [2.24, 2.45) is 0 Å². The molecule has 0 aliphatic rings. The molecule has 0 aromatic rings. The summed E-state index contributed by atoms with van der Waals surface area (Å²) in [5, 5.41) is 0. The zero-order valence-corrected chi connectivity index (χ0v) is 14.1. The van der Waals surface area contributed by atoms with Crippen LogP contribution in [0.15, 0.2) is 0 Å². The maximum Gasteiger partial charge on any atom is 0.305 e. The lowest BCUT2D eigenvalue weighted by Crippen LogP contribution is -2.14. The summed E-state index contributed by atoms with van der Waals surface area (Å²) in [4.78, 5) is 11.4. The number of carbonyl (C=O) groups is 1. The van der Waals surface area contributed by atoms with Crippen LogP contribution in [0.2, 0.25) is 0 Å². The lowest BCUT2D eigenvalue weighted by molar-refractivity contribution is -0.145. The maximum absolute atomic E-state index is 11.4. The molecular formula is C16H32O6. The molecule has 0 aromatic heterocycles. The Morgan fingerprint density at radius 1 is 0.727 bits per heavy atom. The van der Waals surface area contributed by atoms with Crippen molar-refractivity contribution < 1.29 is 28.5 Å². The Labute approximate surface area is 134 Å². The number of carbonyl (C=O) groups excluding carboxylic acids is 1. The number of methoxy groups -OCH3 is 1. The number of ether oxygens (including phenoxy) is 5. The first kappa shape index (κ1) is 21.3. The summed E-state index contributed by atoms with van der Waals surface area (Å²) in [6.07, 6.45) is 4.85. The van der Waals surface area contributed by atoms with Gasteiger partial charge in [0.25, 0.3) is 0 Å². The molecule has 0 bridgehead atoms. The van der Waals surface area contributed by atoms with Crippen molar-refractivity contribution in [2.45, 2.75) is 39.0 Å². The SMILES string of the molecule is CCCCCCC(=O)OCCOCCOCCOCCOC. The largest absolute Gasteiger partial charge is 0.463 e. The van der Waals surface area contributed by atoms with E-state index < -0.39 is 0 Å². The van der Waals surface area contributed by atoms with Gasteiger partial charge in [-0.05, 0) is 6.42 Å². The smallest absolute Gasteiger partial charge is 0.305 e. The van der Waals surface area contributed by atoms with Crippen LogP contribution in [-0.2, 0) is 28.5 Å². The topological polar surface area (TPSA) is 63.2 Å². The minimum Gasteiger partial charge on any atom is -0.463 e. The van der Waals surface area contributed by atoms with Crippen molar-refractivity contribution in [3.8, 4) is 0 Å². The summed E-state index contributed by atoms with van der Waals surface area (Å²) >= 11 is 0. The first-order valence-corrected chi connectivity index (χ1v) is 8.19. The Morgan fingerprint density at radius 2 is 1.27 bits per heavy atom. The third kappa shape index (κ3) is 17.4. The van der Waals surface area contributed by atoms with Gasteiger partial charge in [0.05, 0.1) is 46.2 Å². The van der Waals surface area contributed by atoms with Crippen LogP contribution in [-0.4, -0.2) is 65.9 Å². The van der Waals surface area contributed by atoms with Gasteiger partial charge in [-0.2, -0.15) is 0 Å². The molecule has 0 saturated heterocycles. The Bertz CT molecular complexity index is 235. The highest BCUT2D eigenvalue weighted by atomic mass is 16.6. The van der Waals surface area contributed by atoms with Crippen molar-refractivity contribution in [1.29, 1.82) is 0 Å². The maximum atomic E-state index is 11.4. The minimum atomic E-state index is -0.135. The fourth-order valence-corrected chi connectivity index (χ4v) is 1.67. The van der Waals surface area contributed by atoms with Gasteiger partial charge < -0.3 is 23.7 Å². The Kier molecular flexibility index (Phi) is 17.8. The standard InChI is InChI=1S/C16H32O6/c1-3-4-5-6-7-16(17)22-15-14-21-13-12-20-11-10-19-9-8-18-2/h3-15H2,1-2H3. The van der Waals surface area contributed by atoms with Crippen molar-refractivity contribution in [3.63, 3.8) is 0 Å². The Morgan fingerprint density at radius 3 is 1.82 bits per heavy atom.